The van der Waals surface area contributed by atoms with Gasteiger partial charge in [0.2, 0.25) is 11.8 Å². The van der Waals surface area contributed by atoms with Crippen LogP contribution in [-0.2, 0) is 9.59 Å². The van der Waals surface area contributed by atoms with Crippen LogP contribution in [0.25, 0.3) is 11.2 Å². The highest BCUT2D eigenvalue weighted by Crippen LogP contribution is 2.42. The lowest BCUT2D eigenvalue weighted by molar-refractivity contribution is -0.149. The van der Waals surface area contributed by atoms with Gasteiger partial charge >= 0.3 is 0 Å². The maximum Gasteiger partial charge on any atom is 0.223 e. The minimum Gasteiger partial charge on any atom is -0.354 e. The summed E-state index contributed by atoms with van der Waals surface area (Å²) in [6, 6.07) is 0.290. The monoisotopic (exact) mass is 383 g/mol. The van der Waals surface area contributed by atoms with E-state index in [1.165, 1.54) is 6.92 Å². The summed E-state index contributed by atoms with van der Waals surface area (Å²) in [5, 5.41) is 2.96. The van der Waals surface area contributed by atoms with Crippen molar-refractivity contribution in [3.8, 4) is 0 Å². The fraction of sp³-hybridized carbons (Fsp3) is 0.632. The number of amides is 2. The zero-order valence-electron chi connectivity index (χ0n) is 16.0. The third-order valence-corrected chi connectivity index (χ3v) is 6.56. The fourth-order valence-electron chi connectivity index (χ4n) is 5.45. The second kappa shape index (κ2) is 6.72. The number of rotatable bonds is 3. The fourth-order valence-corrected chi connectivity index (χ4v) is 5.45. The number of hydrogen-bond donors (Lipinski definition) is 2. The first-order chi connectivity index (χ1) is 13.6. The van der Waals surface area contributed by atoms with Crippen LogP contribution in [0.3, 0.4) is 0 Å². The molecule has 0 unspecified atom stereocenters. The van der Waals surface area contributed by atoms with E-state index >= 15 is 0 Å². The highest BCUT2D eigenvalue weighted by atomic mass is 16.2. The van der Waals surface area contributed by atoms with Crippen LogP contribution in [0, 0.1) is 11.8 Å². The molecule has 2 amide bonds. The number of H-pyrrole nitrogens is 1. The molecule has 5 heterocycles. The number of piperidine rings is 3. The van der Waals surface area contributed by atoms with Crippen LogP contribution in [0.4, 0.5) is 5.82 Å². The molecule has 3 saturated heterocycles. The molecule has 2 aromatic heterocycles. The average Bonchev–Trinajstić information content (AvgIpc) is 3.17. The van der Waals surface area contributed by atoms with Crippen molar-refractivity contribution in [1.82, 2.24) is 30.2 Å². The summed E-state index contributed by atoms with van der Waals surface area (Å²) in [4.78, 5) is 44.9. The van der Waals surface area contributed by atoms with Crippen LogP contribution in [0.5, 0.6) is 0 Å². The van der Waals surface area contributed by atoms with Gasteiger partial charge < -0.3 is 20.1 Å². The number of imidazole rings is 1. The van der Waals surface area contributed by atoms with E-state index in [0.29, 0.717) is 30.4 Å². The first-order valence-electron chi connectivity index (χ1n) is 10.1. The number of aromatic amines is 1. The molecule has 2 aromatic rings. The molecule has 2 N–H and O–H groups in total. The summed E-state index contributed by atoms with van der Waals surface area (Å²) >= 11 is 0. The van der Waals surface area contributed by atoms with Crippen molar-refractivity contribution < 1.29 is 9.59 Å². The van der Waals surface area contributed by atoms with Gasteiger partial charge in [0.05, 0.1) is 12.4 Å². The predicted molar refractivity (Wildman–Crippen MR) is 102 cm³/mol. The Morgan fingerprint density at radius 2 is 2.14 bits per heavy atom. The van der Waals surface area contributed by atoms with E-state index in [2.05, 4.69) is 35.1 Å². The Morgan fingerprint density at radius 3 is 3.00 bits per heavy atom. The van der Waals surface area contributed by atoms with E-state index in [1.54, 1.807) is 12.7 Å². The van der Waals surface area contributed by atoms with Gasteiger partial charge in [-0.25, -0.2) is 15.0 Å². The molecule has 3 fully saturated rings. The highest BCUT2D eigenvalue weighted by Gasteiger charge is 2.49. The molecule has 5 rings (SSSR count). The van der Waals surface area contributed by atoms with Crippen LogP contribution >= 0.6 is 0 Å². The Hall–Kier alpha value is -2.71. The van der Waals surface area contributed by atoms with E-state index in [9.17, 15) is 9.59 Å². The number of fused-ring (bicyclic) bond motifs is 5. The van der Waals surface area contributed by atoms with Crippen molar-refractivity contribution in [2.24, 2.45) is 11.8 Å². The molecule has 28 heavy (non-hydrogen) atoms. The first-order valence-corrected chi connectivity index (χ1v) is 10.1. The number of anilines is 1. The molecule has 4 atom stereocenters. The zero-order chi connectivity index (χ0) is 19.3. The molecule has 3 aliphatic heterocycles. The highest BCUT2D eigenvalue weighted by molar-refractivity contribution is 5.83. The van der Waals surface area contributed by atoms with Gasteiger partial charge in [-0.3, -0.25) is 9.59 Å². The van der Waals surface area contributed by atoms with E-state index < -0.39 is 0 Å². The molecule has 0 aliphatic carbocycles. The number of aromatic nitrogens is 4. The number of carbonyl (C=O) groups is 2. The third-order valence-electron chi connectivity index (χ3n) is 6.56. The lowest BCUT2D eigenvalue weighted by atomic mass is 9.72. The van der Waals surface area contributed by atoms with Gasteiger partial charge in [0.25, 0.3) is 0 Å². The molecule has 0 saturated carbocycles. The first kappa shape index (κ1) is 17.4. The Morgan fingerprint density at radius 1 is 1.29 bits per heavy atom. The maximum absolute atomic E-state index is 12.8. The van der Waals surface area contributed by atoms with Crippen LogP contribution < -0.4 is 10.2 Å². The molecule has 9 nitrogen and oxygen atoms in total. The second-order valence-electron chi connectivity index (χ2n) is 8.22. The van der Waals surface area contributed by atoms with Gasteiger partial charge in [0, 0.05) is 39.0 Å². The Labute approximate surface area is 162 Å². The summed E-state index contributed by atoms with van der Waals surface area (Å²) in [5.41, 5.74) is 1.53. The van der Waals surface area contributed by atoms with Crippen molar-refractivity contribution in [2.75, 3.05) is 24.5 Å². The molecular formula is C19H25N7O2. The molecule has 0 radical (unpaired) electrons. The van der Waals surface area contributed by atoms with E-state index in [0.717, 1.165) is 43.7 Å². The molecule has 0 aromatic carbocycles. The quantitative estimate of drug-likeness (QED) is 0.808. The number of carbonyl (C=O) groups excluding carboxylic acids is 2. The molecule has 0 spiro atoms. The van der Waals surface area contributed by atoms with Crippen molar-refractivity contribution in [2.45, 2.75) is 44.7 Å². The van der Waals surface area contributed by atoms with Crippen LogP contribution in [0.2, 0.25) is 0 Å². The van der Waals surface area contributed by atoms with Crippen molar-refractivity contribution in [1.29, 1.82) is 0 Å². The van der Waals surface area contributed by atoms with Crippen LogP contribution in [0.1, 0.15) is 32.6 Å². The normalized spacial score (nSPS) is 29.7. The summed E-state index contributed by atoms with van der Waals surface area (Å²) in [7, 11) is 0. The molecular weight excluding hydrogens is 358 g/mol. The van der Waals surface area contributed by atoms with Gasteiger partial charge in [0.1, 0.15) is 11.8 Å². The molecule has 9 heteroatoms. The molecule has 2 bridgehead atoms. The minimum absolute atomic E-state index is 0.0415. The van der Waals surface area contributed by atoms with Gasteiger partial charge in [-0.2, -0.15) is 0 Å². The standard InChI is InChI=1S/C19H25N7O2/c1-11(27)20-6-15-13-5-12(14-3-2-4-16(28)26(14)15)7-25(8-13)19-17-18(22-9-21-17)23-10-24-19/h9-10,12-15H,2-8H2,1H3,(H,20,27)(H,21,22,23,24)/t12-,13+,14+,15+/m1/s1. The van der Waals surface area contributed by atoms with Gasteiger partial charge in [-0.15, -0.1) is 0 Å². The average molecular weight is 383 g/mol. The summed E-state index contributed by atoms with van der Waals surface area (Å²) in [6.07, 6.45) is 6.91. The Kier molecular flexibility index (Phi) is 4.17. The van der Waals surface area contributed by atoms with Crippen LogP contribution in [0.15, 0.2) is 12.7 Å². The van der Waals surface area contributed by atoms with E-state index in [-0.39, 0.29) is 23.9 Å². The van der Waals surface area contributed by atoms with Crippen molar-refractivity contribution in [3.05, 3.63) is 12.7 Å². The Balaban J connectivity index is 1.48. The number of hydrogen-bond acceptors (Lipinski definition) is 6. The van der Waals surface area contributed by atoms with Crippen molar-refractivity contribution >= 4 is 28.8 Å². The van der Waals surface area contributed by atoms with E-state index in [4.69, 9.17) is 0 Å². The second-order valence-corrected chi connectivity index (χ2v) is 8.22. The maximum atomic E-state index is 12.8. The van der Waals surface area contributed by atoms with Crippen molar-refractivity contribution in [3.63, 3.8) is 0 Å². The summed E-state index contributed by atoms with van der Waals surface area (Å²) in [6.45, 7) is 3.74. The number of nitrogens with one attached hydrogen (secondary N) is 2. The lowest BCUT2D eigenvalue weighted by Crippen LogP contribution is -2.67. The topological polar surface area (TPSA) is 107 Å². The van der Waals surface area contributed by atoms with Gasteiger partial charge in [-0.05, 0) is 31.1 Å². The predicted octanol–water partition coefficient (Wildman–Crippen LogP) is 0.695. The molecule has 148 valence electrons. The smallest absolute Gasteiger partial charge is 0.223 e. The van der Waals surface area contributed by atoms with E-state index in [1.807, 2.05) is 0 Å². The third kappa shape index (κ3) is 2.80. The lowest BCUT2D eigenvalue weighted by Gasteiger charge is -2.56. The zero-order valence-corrected chi connectivity index (χ0v) is 16.0. The summed E-state index contributed by atoms with van der Waals surface area (Å²) in [5.74, 6) is 1.80. The molecule has 3 aliphatic rings. The van der Waals surface area contributed by atoms with Gasteiger partial charge in [0.15, 0.2) is 11.5 Å². The number of nitrogens with zero attached hydrogens (tertiary/aromatic N) is 5. The SMILES string of the molecule is CC(=O)NC[C@H]1[C@H]2C[C@H](CN(c3ncnc4nc[nH]c34)C2)[C@@H]2CCCC(=O)N21. The minimum atomic E-state index is -0.0502. The Bertz CT molecular complexity index is 913. The van der Waals surface area contributed by atoms with Crippen LogP contribution in [-0.4, -0.2) is 68.4 Å². The summed E-state index contributed by atoms with van der Waals surface area (Å²) < 4.78 is 0. The largest absolute Gasteiger partial charge is 0.354 e. The van der Waals surface area contributed by atoms with Gasteiger partial charge in [-0.1, -0.05) is 0 Å².